The summed E-state index contributed by atoms with van der Waals surface area (Å²) in [6, 6.07) is 1.92. The third-order valence-electron chi connectivity index (χ3n) is 2.76. The zero-order valence-corrected chi connectivity index (χ0v) is 10.4. The maximum Gasteiger partial charge on any atom is 0.152 e. The average molecular weight is 239 g/mol. The van der Waals surface area contributed by atoms with E-state index in [2.05, 4.69) is 15.4 Å². The van der Waals surface area contributed by atoms with Crippen LogP contribution >= 0.6 is 11.6 Å². The van der Waals surface area contributed by atoms with Crippen LogP contribution in [0.2, 0.25) is 0 Å². The van der Waals surface area contributed by atoms with Gasteiger partial charge in [0.1, 0.15) is 5.52 Å². The van der Waals surface area contributed by atoms with Crippen molar-refractivity contribution in [2.45, 2.75) is 31.7 Å². The lowest BCUT2D eigenvalue weighted by molar-refractivity contribution is 0.553. The van der Waals surface area contributed by atoms with Crippen LogP contribution in [-0.2, 0) is 0 Å². The molecule has 0 saturated carbocycles. The second-order valence-corrected chi connectivity index (χ2v) is 5.05. The van der Waals surface area contributed by atoms with E-state index in [0.29, 0.717) is 0 Å². The molecule has 2 rings (SSSR count). The summed E-state index contributed by atoms with van der Waals surface area (Å²) in [6.07, 6.45) is 5.29. The van der Waals surface area contributed by atoms with E-state index in [4.69, 9.17) is 11.6 Å². The Balaban J connectivity index is 2.37. The zero-order chi connectivity index (χ0) is 11.8. The largest absolute Gasteiger partial charge is 0.362 e. The number of anilines is 1. The first kappa shape index (κ1) is 11.2. The van der Waals surface area contributed by atoms with E-state index in [1.54, 1.807) is 16.9 Å². The molecule has 1 unspecified atom stereocenters. The predicted octanol–water partition coefficient (Wildman–Crippen LogP) is 2.55. The van der Waals surface area contributed by atoms with Gasteiger partial charge in [-0.05, 0) is 26.8 Å². The molecule has 16 heavy (non-hydrogen) atoms. The topological polar surface area (TPSA) is 42.2 Å². The molecule has 4 nitrogen and oxygen atoms in total. The first-order valence-corrected chi connectivity index (χ1v) is 5.65. The fraction of sp³-hybridized carbons (Fsp3) is 0.455. The van der Waals surface area contributed by atoms with Gasteiger partial charge in [0.25, 0.3) is 0 Å². The molecule has 86 valence electrons. The quantitative estimate of drug-likeness (QED) is 0.836. The van der Waals surface area contributed by atoms with Gasteiger partial charge in [-0.3, -0.25) is 0 Å². The molecule has 0 spiro atoms. The molecule has 1 N–H and O–H groups in total. The van der Waals surface area contributed by atoms with Crippen molar-refractivity contribution >= 4 is 22.9 Å². The molecule has 0 bridgehead atoms. The molecule has 5 heteroatoms. The second-order valence-electron chi connectivity index (χ2n) is 4.40. The maximum atomic E-state index is 6.13. The highest BCUT2D eigenvalue weighted by Crippen LogP contribution is 2.22. The Morgan fingerprint density at radius 3 is 2.88 bits per heavy atom. The van der Waals surface area contributed by atoms with Crippen LogP contribution in [0.25, 0.3) is 5.52 Å². The molecule has 0 saturated heterocycles. The Hall–Kier alpha value is -1.29. The molecular formula is C11H15ClN4. The van der Waals surface area contributed by atoms with Crippen molar-refractivity contribution in [2.75, 3.05) is 5.32 Å². The van der Waals surface area contributed by atoms with Gasteiger partial charge in [0, 0.05) is 17.9 Å². The van der Waals surface area contributed by atoms with E-state index >= 15 is 0 Å². The number of nitrogens with zero attached hydrogens (tertiary/aromatic N) is 3. The summed E-state index contributed by atoms with van der Waals surface area (Å²) in [5.41, 5.74) is 0.730. The van der Waals surface area contributed by atoms with Crippen LogP contribution in [0.1, 0.15) is 20.8 Å². The van der Waals surface area contributed by atoms with Crippen molar-refractivity contribution in [3.63, 3.8) is 0 Å². The molecule has 2 aromatic rings. The molecule has 0 radical (unpaired) electrons. The maximum absolute atomic E-state index is 6.13. The standard InChI is InChI=1S/C11H15ClN4/c1-8(12)11(2,3)15-10-9-4-5-14-16(9)7-6-13-10/h4-8H,1-3H3,(H,13,15). The van der Waals surface area contributed by atoms with Gasteiger partial charge >= 0.3 is 0 Å². The Labute approximate surface area is 99.6 Å². The Morgan fingerprint density at radius 1 is 1.44 bits per heavy atom. The Morgan fingerprint density at radius 2 is 2.19 bits per heavy atom. The molecule has 1 atom stereocenters. The summed E-state index contributed by atoms with van der Waals surface area (Å²) in [5.74, 6) is 0.803. The highest BCUT2D eigenvalue weighted by atomic mass is 35.5. The molecule has 0 fully saturated rings. The van der Waals surface area contributed by atoms with Crippen LogP contribution in [0.3, 0.4) is 0 Å². The van der Waals surface area contributed by atoms with Crippen molar-refractivity contribution in [3.8, 4) is 0 Å². The Bertz CT molecular complexity index is 489. The molecule has 0 aromatic carbocycles. The fourth-order valence-electron chi connectivity index (χ4n) is 1.36. The van der Waals surface area contributed by atoms with E-state index in [0.717, 1.165) is 11.3 Å². The number of nitrogens with one attached hydrogen (secondary N) is 1. The van der Waals surface area contributed by atoms with Crippen LogP contribution in [0.4, 0.5) is 5.82 Å². The summed E-state index contributed by atoms with van der Waals surface area (Å²) in [6.45, 7) is 6.06. The predicted molar refractivity (Wildman–Crippen MR) is 66.0 cm³/mol. The molecule has 0 aliphatic carbocycles. The normalized spacial score (nSPS) is 14.0. The number of hydrogen-bond acceptors (Lipinski definition) is 3. The average Bonchev–Trinajstić information content (AvgIpc) is 2.65. The summed E-state index contributed by atoms with van der Waals surface area (Å²) in [7, 11) is 0. The van der Waals surface area contributed by atoms with Crippen molar-refractivity contribution in [3.05, 3.63) is 24.7 Å². The van der Waals surface area contributed by atoms with Gasteiger partial charge in [0.2, 0.25) is 0 Å². The minimum absolute atomic E-state index is 0.00234. The van der Waals surface area contributed by atoms with Gasteiger partial charge in [0.15, 0.2) is 5.82 Å². The van der Waals surface area contributed by atoms with Gasteiger partial charge in [-0.15, -0.1) is 11.6 Å². The number of fused-ring (bicyclic) bond motifs is 1. The first-order chi connectivity index (χ1) is 7.50. The van der Waals surface area contributed by atoms with E-state index in [1.807, 2.05) is 33.0 Å². The fourth-order valence-corrected chi connectivity index (χ4v) is 1.41. The van der Waals surface area contributed by atoms with Gasteiger partial charge in [0.05, 0.1) is 11.6 Å². The molecule has 2 heterocycles. The Kier molecular flexibility index (Phi) is 2.76. The lowest BCUT2D eigenvalue weighted by Gasteiger charge is -2.29. The van der Waals surface area contributed by atoms with Crippen molar-refractivity contribution in [1.29, 1.82) is 0 Å². The summed E-state index contributed by atoms with van der Waals surface area (Å²) in [5, 5.41) is 7.50. The monoisotopic (exact) mass is 238 g/mol. The minimum atomic E-state index is -0.222. The van der Waals surface area contributed by atoms with Crippen LogP contribution in [0.15, 0.2) is 24.7 Å². The van der Waals surface area contributed by atoms with Gasteiger partial charge in [-0.1, -0.05) is 0 Å². The van der Waals surface area contributed by atoms with Crippen molar-refractivity contribution in [1.82, 2.24) is 14.6 Å². The van der Waals surface area contributed by atoms with Crippen molar-refractivity contribution in [2.24, 2.45) is 0 Å². The lowest BCUT2D eigenvalue weighted by Crippen LogP contribution is -2.39. The van der Waals surface area contributed by atoms with E-state index in [9.17, 15) is 0 Å². The zero-order valence-electron chi connectivity index (χ0n) is 9.61. The number of rotatable bonds is 3. The molecule has 2 aromatic heterocycles. The third kappa shape index (κ3) is 1.97. The van der Waals surface area contributed by atoms with Gasteiger partial charge in [-0.25, -0.2) is 9.50 Å². The number of aromatic nitrogens is 3. The van der Waals surface area contributed by atoms with Crippen LogP contribution in [0, 0.1) is 0 Å². The molecular weight excluding hydrogens is 224 g/mol. The van der Waals surface area contributed by atoms with E-state index in [1.165, 1.54) is 0 Å². The van der Waals surface area contributed by atoms with Gasteiger partial charge in [-0.2, -0.15) is 5.10 Å². The second kappa shape index (κ2) is 3.94. The summed E-state index contributed by atoms with van der Waals surface area (Å²) >= 11 is 6.13. The molecule has 0 aliphatic rings. The number of halogens is 1. The molecule has 0 aliphatic heterocycles. The first-order valence-electron chi connectivity index (χ1n) is 5.21. The highest BCUT2D eigenvalue weighted by Gasteiger charge is 2.25. The van der Waals surface area contributed by atoms with Crippen LogP contribution < -0.4 is 5.32 Å². The van der Waals surface area contributed by atoms with Crippen LogP contribution in [0.5, 0.6) is 0 Å². The highest BCUT2D eigenvalue weighted by molar-refractivity contribution is 6.21. The summed E-state index contributed by atoms with van der Waals surface area (Å²) in [4.78, 5) is 4.32. The smallest absolute Gasteiger partial charge is 0.152 e. The van der Waals surface area contributed by atoms with E-state index in [-0.39, 0.29) is 10.9 Å². The number of alkyl halides is 1. The van der Waals surface area contributed by atoms with E-state index < -0.39 is 0 Å². The minimum Gasteiger partial charge on any atom is -0.362 e. The lowest BCUT2D eigenvalue weighted by atomic mass is 10.0. The molecule has 0 amide bonds. The van der Waals surface area contributed by atoms with Crippen molar-refractivity contribution < 1.29 is 0 Å². The van der Waals surface area contributed by atoms with Crippen LogP contribution in [-0.4, -0.2) is 25.5 Å². The summed E-state index contributed by atoms with van der Waals surface area (Å²) < 4.78 is 1.78. The SMILES string of the molecule is CC(Cl)C(C)(C)Nc1nccn2nccc12. The third-order valence-corrected chi connectivity index (χ3v) is 3.30. The number of hydrogen-bond donors (Lipinski definition) is 1. The van der Waals surface area contributed by atoms with Gasteiger partial charge < -0.3 is 5.32 Å².